The van der Waals surface area contributed by atoms with Gasteiger partial charge < -0.3 is 19.7 Å². The lowest BCUT2D eigenvalue weighted by Crippen LogP contribution is -2.52. The Morgan fingerprint density at radius 3 is 2.36 bits per heavy atom. The van der Waals surface area contributed by atoms with Crippen molar-refractivity contribution in [2.24, 2.45) is 0 Å². The van der Waals surface area contributed by atoms with E-state index >= 15 is 0 Å². The van der Waals surface area contributed by atoms with Crippen LogP contribution in [-0.2, 0) is 21.4 Å². The number of aromatic nitrogens is 1. The molecule has 0 unspecified atom stereocenters. The minimum absolute atomic E-state index is 0.0152. The molecular weight excluding hydrogens is 550 g/mol. The van der Waals surface area contributed by atoms with E-state index in [1.54, 1.807) is 11.9 Å². The number of carbonyl (C=O) groups is 2. The molecule has 3 aliphatic rings. The number of amides is 2. The van der Waals surface area contributed by atoms with E-state index in [0.717, 1.165) is 35.2 Å². The van der Waals surface area contributed by atoms with E-state index in [2.05, 4.69) is 46.0 Å². The predicted molar refractivity (Wildman–Crippen MR) is 167 cm³/mol. The first kappa shape index (κ1) is 28.7. The molecule has 0 radical (unpaired) electrons. The SMILES string of the molecule is CNC(=O)c1ccc2c(C3CCCCC3)c3n(c2c1)CCN(CC(=O)N1CCN(S(C)(=O)=O)CC1)c1cc(C)ccc1-3. The molecule has 3 aromatic rings. The van der Waals surface area contributed by atoms with E-state index in [4.69, 9.17) is 0 Å². The first-order valence-electron chi connectivity index (χ1n) is 15.1. The number of fused-ring (bicyclic) bond motifs is 5. The molecule has 2 fully saturated rings. The van der Waals surface area contributed by atoms with Crippen LogP contribution in [0.3, 0.4) is 0 Å². The van der Waals surface area contributed by atoms with Crippen LogP contribution in [0.25, 0.3) is 22.2 Å². The first-order valence-corrected chi connectivity index (χ1v) is 17.0. The molecule has 2 aliphatic heterocycles. The molecule has 0 bridgehead atoms. The van der Waals surface area contributed by atoms with Crippen LogP contribution in [0.5, 0.6) is 0 Å². The molecule has 224 valence electrons. The smallest absolute Gasteiger partial charge is 0.251 e. The molecule has 3 heterocycles. The number of sulfonamides is 1. The van der Waals surface area contributed by atoms with Gasteiger partial charge in [0.05, 0.1) is 18.5 Å². The van der Waals surface area contributed by atoms with Crippen LogP contribution < -0.4 is 10.2 Å². The van der Waals surface area contributed by atoms with Gasteiger partial charge in [0.1, 0.15) is 0 Å². The summed E-state index contributed by atoms with van der Waals surface area (Å²) in [5.74, 6) is 0.373. The number of carbonyl (C=O) groups excluding carboxylic acids is 2. The normalized spacial score (nSPS) is 18.5. The Labute approximate surface area is 248 Å². The minimum Gasteiger partial charge on any atom is -0.360 e. The van der Waals surface area contributed by atoms with Crippen LogP contribution in [0, 0.1) is 6.92 Å². The van der Waals surface area contributed by atoms with E-state index < -0.39 is 10.0 Å². The summed E-state index contributed by atoms with van der Waals surface area (Å²) in [5.41, 5.74) is 7.64. The molecule has 42 heavy (non-hydrogen) atoms. The lowest BCUT2D eigenvalue weighted by Gasteiger charge is -2.35. The fraction of sp³-hybridized carbons (Fsp3) is 0.500. The number of benzene rings is 2. The average molecular weight is 592 g/mol. The number of anilines is 1. The number of hydrogen-bond donors (Lipinski definition) is 1. The standard InChI is InChI=1S/C32H41N5O4S/c1-22-9-11-26-27(19-22)35(21-29(38)34-13-16-36(17-14-34)42(3,40)41)15-18-37-28-20-24(32(39)33-2)10-12-25(28)30(31(26)37)23-7-5-4-6-8-23/h9-12,19-20,23H,4-8,13-18,21H2,1-3H3,(H,33,39). The predicted octanol–water partition coefficient (Wildman–Crippen LogP) is 3.95. The molecular formula is C32H41N5O4S. The van der Waals surface area contributed by atoms with Gasteiger partial charge in [-0.2, -0.15) is 4.31 Å². The van der Waals surface area contributed by atoms with Crippen LogP contribution in [0.15, 0.2) is 36.4 Å². The van der Waals surface area contributed by atoms with Crippen LogP contribution in [-0.4, -0.2) is 86.6 Å². The molecule has 0 spiro atoms. The average Bonchev–Trinajstić information content (AvgIpc) is 3.23. The summed E-state index contributed by atoms with van der Waals surface area (Å²) in [5, 5.41) is 3.99. The Morgan fingerprint density at radius 2 is 1.67 bits per heavy atom. The Hall–Kier alpha value is -3.37. The first-order chi connectivity index (χ1) is 20.2. The number of nitrogens with zero attached hydrogens (tertiary/aromatic N) is 4. The summed E-state index contributed by atoms with van der Waals surface area (Å²) in [4.78, 5) is 30.2. The second-order valence-electron chi connectivity index (χ2n) is 12.0. The quantitative estimate of drug-likeness (QED) is 0.485. The maximum Gasteiger partial charge on any atom is 0.251 e. The van der Waals surface area contributed by atoms with Crippen LogP contribution in [0.2, 0.25) is 0 Å². The van der Waals surface area contributed by atoms with Gasteiger partial charge in [-0.25, -0.2) is 8.42 Å². The third-order valence-electron chi connectivity index (χ3n) is 9.34. The zero-order valence-electron chi connectivity index (χ0n) is 24.9. The lowest BCUT2D eigenvalue weighted by atomic mass is 9.81. The molecule has 1 aromatic heterocycles. The van der Waals surface area contributed by atoms with E-state index in [0.29, 0.717) is 50.7 Å². The van der Waals surface area contributed by atoms with Crippen molar-refractivity contribution in [2.75, 3.05) is 57.5 Å². The summed E-state index contributed by atoms with van der Waals surface area (Å²) in [7, 11) is -1.60. The van der Waals surface area contributed by atoms with Gasteiger partial charge in [-0.3, -0.25) is 9.59 Å². The fourth-order valence-electron chi connectivity index (χ4n) is 7.13. The van der Waals surface area contributed by atoms with Gasteiger partial charge in [-0.05, 0) is 55.0 Å². The highest BCUT2D eigenvalue weighted by Gasteiger charge is 2.32. The van der Waals surface area contributed by atoms with E-state index in [9.17, 15) is 18.0 Å². The van der Waals surface area contributed by atoms with Crippen LogP contribution in [0.4, 0.5) is 5.69 Å². The van der Waals surface area contributed by atoms with Crippen molar-refractivity contribution in [3.05, 3.63) is 53.1 Å². The highest BCUT2D eigenvalue weighted by molar-refractivity contribution is 7.88. The van der Waals surface area contributed by atoms with Crippen LogP contribution >= 0.6 is 0 Å². The molecule has 1 saturated carbocycles. The maximum absolute atomic E-state index is 13.6. The largest absolute Gasteiger partial charge is 0.360 e. The van der Waals surface area contributed by atoms with Crippen molar-refractivity contribution in [1.82, 2.24) is 19.1 Å². The van der Waals surface area contributed by atoms with Crippen molar-refractivity contribution in [3.63, 3.8) is 0 Å². The molecule has 6 rings (SSSR count). The second-order valence-corrected chi connectivity index (χ2v) is 14.0. The van der Waals surface area contributed by atoms with E-state index in [1.807, 2.05) is 12.1 Å². The topological polar surface area (TPSA) is 95.0 Å². The Morgan fingerprint density at radius 1 is 0.929 bits per heavy atom. The van der Waals surface area contributed by atoms with E-state index in [-0.39, 0.29) is 18.4 Å². The number of rotatable bonds is 5. The Balaban J connectivity index is 1.40. The molecule has 2 amide bonds. The Bertz CT molecular complexity index is 1630. The van der Waals surface area contributed by atoms with Crippen molar-refractivity contribution in [1.29, 1.82) is 0 Å². The van der Waals surface area contributed by atoms with Crippen molar-refractivity contribution < 1.29 is 18.0 Å². The third-order valence-corrected chi connectivity index (χ3v) is 10.6. The van der Waals surface area contributed by atoms with Gasteiger partial charge >= 0.3 is 0 Å². The second kappa shape index (κ2) is 11.4. The molecule has 1 saturated heterocycles. The third kappa shape index (κ3) is 5.30. The molecule has 2 aromatic carbocycles. The summed E-state index contributed by atoms with van der Waals surface area (Å²) in [6, 6.07) is 12.7. The zero-order valence-corrected chi connectivity index (χ0v) is 25.7. The number of piperazine rings is 1. The number of aryl methyl sites for hydroxylation is 1. The number of nitrogens with one attached hydrogen (secondary N) is 1. The fourth-order valence-corrected chi connectivity index (χ4v) is 7.96. The van der Waals surface area contributed by atoms with Gasteiger partial charge in [0.25, 0.3) is 5.91 Å². The Kier molecular flexibility index (Phi) is 7.78. The highest BCUT2D eigenvalue weighted by Crippen LogP contribution is 2.47. The summed E-state index contributed by atoms with van der Waals surface area (Å²) in [6.07, 6.45) is 7.26. The van der Waals surface area contributed by atoms with Gasteiger partial charge in [0, 0.05) is 74.0 Å². The van der Waals surface area contributed by atoms with Gasteiger partial charge in [0.2, 0.25) is 15.9 Å². The van der Waals surface area contributed by atoms with Crippen molar-refractivity contribution in [3.8, 4) is 11.3 Å². The van der Waals surface area contributed by atoms with Gasteiger partial charge in [-0.15, -0.1) is 0 Å². The molecule has 1 aliphatic carbocycles. The minimum atomic E-state index is -3.26. The van der Waals surface area contributed by atoms with Crippen molar-refractivity contribution in [2.45, 2.75) is 51.5 Å². The molecule has 1 N–H and O–H groups in total. The summed E-state index contributed by atoms with van der Waals surface area (Å²) < 4.78 is 27.8. The molecule has 0 atom stereocenters. The number of hydrogen-bond acceptors (Lipinski definition) is 5. The molecule has 10 heteroatoms. The monoisotopic (exact) mass is 591 g/mol. The maximum atomic E-state index is 13.6. The summed E-state index contributed by atoms with van der Waals surface area (Å²) in [6.45, 7) is 5.13. The van der Waals surface area contributed by atoms with Crippen molar-refractivity contribution >= 4 is 38.4 Å². The summed E-state index contributed by atoms with van der Waals surface area (Å²) >= 11 is 0. The van der Waals surface area contributed by atoms with Crippen LogP contribution in [0.1, 0.15) is 59.5 Å². The van der Waals surface area contributed by atoms with Gasteiger partial charge in [-0.1, -0.05) is 37.5 Å². The zero-order chi connectivity index (χ0) is 29.6. The lowest BCUT2D eigenvalue weighted by molar-refractivity contribution is -0.130. The highest BCUT2D eigenvalue weighted by atomic mass is 32.2. The van der Waals surface area contributed by atoms with Gasteiger partial charge in [0.15, 0.2) is 0 Å². The van der Waals surface area contributed by atoms with E-state index in [1.165, 1.54) is 46.5 Å². The molecule has 9 nitrogen and oxygen atoms in total.